The maximum atomic E-state index is 5.45. The lowest BCUT2D eigenvalue weighted by atomic mass is 9.94. The zero-order valence-corrected chi connectivity index (χ0v) is 16.1. The second-order valence-electron chi connectivity index (χ2n) is 7.50. The van der Waals surface area contributed by atoms with E-state index in [1.165, 1.54) is 44.0 Å². The van der Waals surface area contributed by atoms with E-state index >= 15 is 0 Å². The first-order valence-electron chi connectivity index (χ1n) is 9.84. The average molecular weight is 365 g/mol. The highest BCUT2D eigenvalue weighted by Gasteiger charge is 2.19. The van der Waals surface area contributed by atoms with Gasteiger partial charge in [-0.3, -0.25) is 0 Å². The van der Waals surface area contributed by atoms with Crippen molar-refractivity contribution in [3.05, 3.63) is 36.2 Å². The Morgan fingerprint density at radius 1 is 1.11 bits per heavy atom. The van der Waals surface area contributed by atoms with Gasteiger partial charge in [0.05, 0.1) is 0 Å². The first-order chi connectivity index (χ1) is 13.2. The van der Waals surface area contributed by atoms with Crippen LogP contribution in [0.4, 0.5) is 5.82 Å². The summed E-state index contributed by atoms with van der Waals surface area (Å²) in [7, 11) is 2.23. The average Bonchev–Trinajstić information content (AvgIpc) is 3.14. The van der Waals surface area contributed by atoms with Gasteiger partial charge >= 0.3 is 0 Å². The van der Waals surface area contributed by atoms with Gasteiger partial charge in [-0.05, 0) is 26.8 Å². The minimum atomic E-state index is 0.517. The van der Waals surface area contributed by atoms with Gasteiger partial charge < -0.3 is 14.7 Å². The summed E-state index contributed by atoms with van der Waals surface area (Å²) in [6.07, 6.45) is 8.26. The summed E-state index contributed by atoms with van der Waals surface area (Å²) in [6, 6.07) is 8.97. The summed E-state index contributed by atoms with van der Waals surface area (Å²) in [5, 5.41) is 8.57. The first kappa shape index (κ1) is 17.9. The molecular formula is C21H27N5O. The van der Waals surface area contributed by atoms with Crippen molar-refractivity contribution < 1.29 is 4.52 Å². The van der Waals surface area contributed by atoms with Crippen LogP contribution >= 0.6 is 0 Å². The molecule has 2 heterocycles. The summed E-state index contributed by atoms with van der Waals surface area (Å²) in [5.41, 5.74) is 3.53. The van der Waals surface area contributed by atoms with E-state index in [1.54, 1.807) is 0 Å². The van der Waals surface area contributed by atoms with Gasteiger partial charge in [-0.25, -0.2) is 4.98 Å². The Balaban J connectivity index is 1.50. The van der Waals surface area contributed by atoms with Gasteiger partial charge in [-0.2, -0.15) is 4.98 Å². The molecule has 1 aromatic carbocycles. The molecule has 1 aliphatic rings. The van der Waals surface area contributed by atoms with Crippen LogP contribution in [-0.4, -0.2) is 46.2 Å². The van der Waals surface area contributed by atoms with Crippen LogP contribution in [0.3, 0.4) is 0 Å². The maximum absolute atomic E-state index is 5.45. The SMILES string of the molecule is Cc1ccc(-c2noc3ncnc(NCCN(C)C4CCCCC4)c23)cc1. The van der Waals surface area contributed by atoms with Crippen LogP contribution in [-0.2, 0) is 0 Å². The largest absolute Gasteiger partial charge is 0.368 e. The van der Waals surface area contributed by atoms with Crippen LogP contribution in [0.25, 0.3) is 22.4 Å². The summed E-state index contributed by atoms with van der Waals surface area (Å²) in [6.45, 7) is 3.89. The van der Waals surface area contributed by atoms with Crippen molar-refractivity contribution in [2.24, 2.45) is 0 Å². The van der Waals surface area contributed by atoms with E-state index in [4.69, 9.17) is 4.52 Å². The lowest BCUT2D eigenvalue weighted by Crippen LogP contribution is -2.36. The third-order valence-electron chi connectivity index (χ3n) is 5.55. The Morgan fingerprint density at radius 3 is 2.67 bits per heavy atom. The number of hydrogen-bond donors (Lipinski definition) is 1. The fraction of sp³-hybridized carbons (Fsp3) is 0.476. The van der Waals surface area contributed by atoms with Crippen molar-refractivity contribution in [2.45, 2.75) is 45.1 Å². The van der Waals surface area contributed by atoms with Gasteiger partial charge in [-0.15, -0.1) is 0 Å². The number of nitrogens with zero attached hydrogens (tertiary/aromatic N) is 4. The van der Waals surface area contributed by atoms with E-state index in [1.807, 2.05) is 0 Å². The minimum Gasteiger partial charge on any atom is -0.368 e. The van der Waals surface area contributed by atoms with E-state index in [9.17, 15) is 0 Å². The smallest absolute Gasteiger partial charge is 0.263 e. The molecule has 0 spiro atoms. The zero-order valence-electron chi connectivity index (χ0n) is 16.1. The van der Waals surface area contributed by atoms with Crippen LogP contribution in [0.2, 0.25) is 0 Å². The molecule has 6 nitrogen and oxygen atoms in total. The first-order valence-corrected chi connectivity index (χ1v) is 9.84. The van der Waals surface area contributed by atoms with Crippen molar-refractivity contribution in [3.8, 4) is 11.3 Å². The highest BCUT2D eigenvalue weighted by molar-refractivity contribution is 5.97. The topological polar surface area (TPSA) is 67.1 Å². The van der Waals surface area contributed by atoms with Crippen LogP contribution in [0, 0.1) is 6.92 Å². The molecule has 1 N–H and O–H groups in total. The minimum absolute atomic E-state index is 0.517. The van der Waals surface area contributed by atoms with E-state index in [-0.39, 0.29) is 0 Å². The number of fused-ring (bicyclic) bond motifs is 1. The summed E-state index contributed by atoms with van der Waals surface area (Å²) < 4.78 is 5.45. The Labute approximate surface area is 160 Å². The number of benzene rings is 1. The van der Waals surface area contributed by atoms with Gasteiger partial charge in [0.1, 0.15) is 23.2 Å². The molecule has 0 bridgehead atoms. The fourth-order valence-corrected chi connectivity index (χ4v) is 3.88. The summed E-state index contributed by atoms with van der Waals surface area (Å²) >= 11 is 0. The molecule has 0 amide bonds. The standard InChI is InChI=1S/C21H27N5O/c1-15-8-10-16(11-9-15)19-18-20(23-14-24-21(18)27-25-19)22-12-13-26(2)17-6-4-3-5-7-17/h8-11,14,17H,3-7,12-13H2,1-2H3,(H,22,23,24). The molecule has 0 saturated heterocycles. The van der Waals surface area contributed by atoms with E-state index < -0.39 is 0 Å². The van der Waals surface area contributed by atoms with E-state index in [0.717, 1.165) is 35.6 Å². The molecule has 1 fully saturated rings. The van der Waals surface area contributed by atoms with Crippen LogP contribution in [0.5, 0.6) is 0 Å². The lowest BCUT2D eigenvalue weighted by molar-refractivity contribution is 0.198. The third kappa shape index (κ3) is 3.95. The monoisotopic (exact) mass is 365 g/mol. The van der Waals surface area contributed by atoms with Crippen LogP contribution in [0.1, 0.15) is 37.7 Å². The Kier molecular flexibility index (Phi) is 5.34. The zero-order chi connectivity index (χ0) is 18.6. The fourth-order valence-electron chi connectivity index (χ4n) is 3.88. The quantitative estimate of drug-likeness (QED) is 0.704. The number of anilines is 1. The molecule has 1 saturated carbocycles. The lowest BCUT2D eigenvalue weighted by Gasteiger charge is -2.31. The summed E-state index contributed by atoms with van der Waals surface area (Å²) in [4.78, 5) is 11.2. The number of hydrogen-bond acceptors (Lipinski definition) is 6. The molecule has 0 unspecified atom stereocenters. The van der Waals surface area contributed by atoms with E-state index in [2.05, 4.69) is 63.6 Å². The molecule has 142 valence electrons. The molecule has 0 radical (unpaired) electrons. The van der Waals surface area contributed by atoms with Gasteiger partial charge in [0.2, 0.25) is 0 Å². The van der Waals surface area contributed by atoms with Crippen LogP contribution in [0.15, 0.2) is 35.1 Å². The molecule has 27 heavy (non-hydrogen) atoms. The normalized spacial score (nSPS) is 15.5. The van der Waals surface area contributed by atoms with Gasteiger partial charge in [-0.1, -0.05) is 54.2 Å². The summed E-state index contributed by atoms with van der Waals surface area (Å²) in [5.74, 6) is 0.786. The maximum Gasteiger partial charge on any atom is 0.263 e. The number of rotatable bonds is 6. The Morgan fingerprint density at radius 2 is 1.89 bits per heavy atom. The second-order valence-corrected chi connectivity index (χ2v) is 7.50. The Bertz CT molecular complexity index is 883. The molecule has 1 aliphatic carbocycles. The number of likely N-dealkylation sites (N-methyl/N-ethyl adjacent to an activating group) is 1. The molecule has 2 aromatic heterocycles. The molecular weight excluding hydrogens is 338 g/mol. The molecule has 4 rings (SSSR count). The van der Waals surface area contributed by atoms with Crippen molar-refractivity contribution in [2.75, 3.05) is 25.5 Å². The molecule has 3 aromatic rings. The van der Waals surface area contributed by atoms with Crippen molar-refractivity contribution in [1.29, 1.82) is 0 Å². The predicted octanol–water partition coefficient (Wildman–Crippen LogP) is 4.27. The van der Waals surface area contributed by atoms with E-state index in [0.29, 0.717) is 11.8 Å². The molecule has 0 aliphatic heterocycles. The van der Waals surface area contributed by atoms with Gasteiger partial charge in [0.25, 0.3) is 5.71 Å². The number of aromatic nitrogens is 3. The second kappa shape index (κ2) is 8.05. The van der Waals surface area contributed by atoms with Crippen molar-refractivity contribution in [1.82, 2.24) is 20.0 Å². The van der Waals surface area contributed by atoms with Crippen LogP contribution < -0.4 is 5.32 Å². The van der Waals surface area contributed by atoms with Gasteiger partial charge in [0.15, 0.2) is 0 Å². The number of aryl methyl sites for hydroxylation is 1. The molecule has 6 heteroatoms. The Hall–Kier alpha value is -2.47. The predicted molar refractivity (Wildman–Crippen MR) is 108 cm³/mol. The molecule has 0 atom stereocenters. The highest BCUT2D eigenvalue weighted by atomic mass is 16.5. The van der Waals surface area contributed by atoms with Crippen molar-refractivity contribution in [3.63, 3.8) is 0 Å². The number of nitrogens with one attached hydrogen (secondary N) is 1. The van der Waals surface area contributed by atoms with Gasteiger partial charge in [0, 0.05) is 24.7 Å². The highest BCUT2D eigenvalue weighted by Crippen LogP contribution is 2.31. The van der Waals surface area contributed by atoms with Crippen molar-refractivity contribution >= 4 is 16.9 Å². The third-order valence-corrected chi connectivity index (χ3v) is 5.55.